The van der Waals surface area contributed by atoms with E-state index >= 15 is 4.39 Å². The highest BCUT2D eigenvalue weighted by Crippen LogP contribution is 2.37. The number of carbonyl (C=O) groups excluding carboxylic acids is 2. The molecule has 41 heavy (non-hydrogen) atoms. The van der Waals surface area contributed by atoms with Gasteiger partial charge in [0.15, 0.2) is 9.84 Å². The second kappa shape index (κ2) is 13.1. The number of piperazine rings is 1. The number of para-hydroxylation sites is 1. The summed E-state index contributed by atoms with van der Waals surface area (Å²) < 4.78 is 40.5. The Morgan fingerprint density at radius 1 is 1.05 bits per heavy atom. The van der Waals surface area contributed by atoms with Crippen molar-refractivity contribution in [2.45, 2.75) is 32.2 Å². The van der Waals surface area contributed by atoms with Gasteiger partial charge in [0.25, 0.3) is 0 Å². The fraction of sp³-hybridized carbons (Fsp3) is 0.533. The average molecular weight is 607 g/mol. The molecule has 3 atom stereocenters. The molecule has 2 aromatic rings. The van der Waals surface area contributed by atoms with Crippen LogP contribution in [-0.2, 0) is 19.4 Å². The van der Waals surface area contributed by atoms with E-state index in [1.807, 2.05) is 43.8 Å². The lowest BCUT2D eigenvalue weighted by atomic mass is 9.88. The monoisotopic (exact) mass is 606 g/mol. The van der Waals surface area contributed by atoms with Crippen molar-refractivity contribution in [2.24, 2.45) is 11.8 Å². The molecule has 2 fully saturated rings. The third kappa shape index (κ3) is 7.59. The number of hydrogen-bond acceptors (Lipinski definition) is 6. The van der Waals surface area contributed by atoms with Crippen molar-refractivity contribution < 1.29 is 22.4 Å². The average Bonchev–Trinajstić information content (AvgIpc) is 3.25. The van der Waals surface area contributed by atoms with Crippen LogP contribution in [0, 0.1) is 17.7 Å². The summed E-state index contributed by atoms with van der Waals surface area (Å²) in [6.07, 6.45) is 0.343. The predicted molar refractivity (Wildman–Crippen MR) is 160 cm³/mol. The van der Waals surface area contributed by atoms with E-state index in [9.17, 15) is 18.0 Å². The summed E-state index contributed by atoms with van der Waals surface area (Å²) in [5.41, 5.74) is 1.94. The van der Waals surface area contributed by atoms with Gasteiger partial charge in [0.05, 0.1) is 29.2 Å². The maximum atomic E-state index is 15.4. The Kier molecular flexibility index (Phi) is 9.97. The lowest BCUT2D eigenvalue weighted by Gasteiger charge is -2.39. The molecule has 2 amide bonds. The van der Waals surface area contributed by atoms with Crippen LogP contribution in [0.15, 0.2) is 42.5 Å². The Balaban J connectivity index is 1.49. The van der Waals surface area contributed by atoms with Crippen LogP contribution in [0.4, 0.5) is 10.1 Å². The van der Waals surface area contributed by atoms with Gasteiger partial charge in [0, 0.05) is 55.6 Å². The highest BCUT2D eigenvalue weighted by atomic mass is 35.5. The van der Waals surface area contributed by atoms with Gasteiger partial charge in [-0.05, 0) is 43.8 Å². The number of benzene rings is 2. The molecule has 0 spiro atoms. The number of carbonyl (C=O) groups is 2. The third-order valence-corrected chi connectivity index (χ3v) is 9.98. The minimum Gasteiger partial charge on any atom is -0.365 e. The van der Waals surface area contributed by atoms with Gasteiger partial charge in [0.2, 0.25) is 11.8 Å². The second-order valence-electron chi connectivity index (χ2n) is 11.7. The van der Waals surface area contributed by atoms with Crippen LogP contribution in [0.1, 0.15) is 43.4 Å². The van der Waals surface area contributed by atoms with Crippen LogP contribution < -0.4 is 10.2 Å². The highest BCUT2D eigenvalue weighted by molar-refractivity contribution is 7.91. The van der Waals surface area contributed by atoms with Crippen LogP contribution in [-0.4, -0.2) is 88.4 Å². The molecule has 0 saturated carbocycles. The number of anilines is 1. The van der Waals surface area contributed by atoms with Gasteiger partial charge < -0.3 is 20.0 Å². The molecule has 2 aliphatic heterocycles. The molecular formula is C30H40ClFN4O4S. The summed E-state index contributed by atoms with van der Waals surface area (Å²) in [4.78, 5) is 31.9. The normalized spacial score (nSPS) is 21.4. The van der Waals surface area contributed by atoms with Crippen LogP contribution in [0.3, 0.4) is 0 Å². The number of nitrogens with zero attached hydrogens (tertiary/aromatic N) is 3. The highest BCUT2D eigenvalue weighted by Gasteiger charge is 2.44. The first-order valence-corrected chi connectivity index (χ1v) is 16.3. The van der Waals surface area contributed by atoms with Crippen molar-refractivity contribution in [3.63, 3.8) is 0 Å². The summed E-state index contributed by atoms with van der Waals surface area (Å²) in [5.74, 6) is -1.97. The van der Waals surface area contributed by atoms with Crippen molar-refractivity contribution in [1.82, 2.24) is 15.1 Å². The van der Waals surface area contributed by atoms with E-state index < -0.39 is 21.7 Å². The van der Waals surface area contributed by atoms with Crippen molar-refractivity contribution in [3.8, 4) is 0 Å². The van der Waals surface area contributed by atoms with Gasteiger partial charge in [-0.25, -0.2) is 12.8 Å². The molecule has 2 aliphatic rings. The summed E-state index contributed by atoms with van der Waals surface area (Å²) in [7, 11) is 0.451. The van der Waals surface area contributed by atoms with Crippen LogP contribution in [0.25, 0.3) is 0 Å². The molecule has 4 rings (SSSR count). The fourth-order valence-corrected chi connectivity index (χ4v) is 7.96. The van der Waals surface area contributed by atoms with Gasteiger partial charge >= 0.3 is 0 Å². The predicted octanol–water partition coefficient (Wildman–Crippen LogP) is 3.72. The van der Waals surface area contributed by atoms with Gasteiger partial charge in [-0.3, -0.25) is 9.59 Å². The zero-order valence-corrected chi connectivity index (χ0v) is 25.7. The third-order valence-electron chi connectivity index (χ3n) is 8.00. The molecule has 11 heteroatoms. The minimum atomic E-state index is -3.37. The lowest BCUT2D eigenvalue weighted by molar-refractivity contribution is -0.135. The molecule has 0 radical (unpaired) electrons. The van der Waals surface area contributed by atoms with E-state index in [-0.39, 0.29) is 41.1 Å². The van der Waals surface area contributed by atoms with Crippen molar-refractivity contribution >= 4 is 38.9 Å². The Morgan fingerprint density at radius 3 is 2.32 bits per heavy atom. The topological polar surface area (TPSA) is 90.0 Å². The fourth-order valence-electron chi connectivity index (χ4n) is 5.81. The smallest absolute Gasteiger partial charge is 0.227 e. The second-order valence-corrected chi connectivity index (χ2v) is 14.3. The Labute approximate surface area is 247 Å². The van der Waals surface area contributed by atoms with Crippen molar-refractivity contribution in [3.05, 3.63) is 64.4 Å². The molecule has 8 nitrogen and oxygen atoms in total. The van der Waals surface area contributed by atoms with E-state index in [2.05, 4.69) is 5.32 Å². The SMILES string of the molecule is CC(C)[C@H](NC(=O)CCN(C)C)c1cccc(F)c1N1CCN(C(=O)[C@H]2CS(=O)(=O)C[C@@H]2c2ccc(Cl)cc2)CC1. The summed E-state index contributed by atoms with van der Waals surface area (Å²) in [6, 6.07) is 11.6. The van der Waals surface area contributed by atoms with E-state index in [1.165, 1.54) is 6.07 Å². The summed E-state index contributed by atoms with van der Waals surface area (Å²) in [5, 5.41) is 3.65. The van der Waals surface area contributed by atoms with E-state index in [4.69, 9.17) is 11.6 Å². The molecule has 1 N–H and O–H groups in total. The summed E-state index contributed by atoms with van der Waals surface area (Å²) >= 11 is 6.02. The van der Waals surface area contributed by atoms with Crippen LogP contribution in [0.5, 0.6) is 0 Å². The van der Waals surface area contributed by atoms with E-state index in [0.717, 1.165) is 5.56 Å². The minimum absolute atomic E-state index is 0.0239. The molecule has 0 unspecified atom stereocenters. The number of amides is 2. The van der Waals surface area contributed by atoms with E-state index in [1.54, 1.807) is 35.2 Å². The zero-order chi connectivity index (χ0) is 29.9. The molecule has 2 heterocycles. The zero-order valence-electron chi connectivity index (χ0n) is 24.1. The molecular weight excluding hydrogens is 567 g/mol. The van der Waals surface area contributed by atoms with E-state index in [0.29, 0.717) is 55.4 Å². The first kappa shape index (κ1) is 31.3. The number of halogens is 2. The maximum absolute atomic E-state index is 15.4. The number of nitrogens with one attached hydrogen (secondary N) is 1. The molecule has 2 aromatic carbocycles. The first-order chi connectivity index (χ1) is 19.4. The van der Waals surface area contributed by atoms with Gasteiger partial charge in [0.1, 0.15) is 5.82 Å². The van der Waals surface area contributed by atoms with Crippen molar-refractivity contribution in [2.75, 3.05) is 63.2 Å². The van der Waals surface area contributed by atoms with Crippen molar-refractivity contribution in [1.29, 1.82) is 0 Å². The van der Waals surface area contributed by atoms with Crippen LogP contribution in [0.2, 0.25) is 5.02 Å². The molecule has 224 valence electrons. The van der Waals surface area contributed by atoms with Crippen LogP contribution >= 0.6 is 11.6 Å². The standard InChI is InChI=1S/C30H40ClFN4O4S/c1-20(2)28(33-27(37)12-13-34(3)4)23-6-5-7-26(32)29(23)35-14-16-36(17-15-35)30(38)25-19-41(39,40)18-24(25)21-8-10-22(31)11-9-21/h5-11,20,24-25,28H,12-19H2,1-4H3,(H,33,37)/t24-,25+,28+/m1/s1. The first-order valence-electron chi connectivity index (χ1n) is 14.1. The molecule has 2 saturated heterocycles. The Morgan fingerprint density at radius 2 is 1.71 bits per heavy atom. The lowest BCUT2D eigenvalue weighted by Crippen LogP contribution is -2.51. The van der Waals surface area contributed by atoms with Gasteiger partial charge in [-0.2, -0.15) is 0 Å². The maximum Gasteiger partial charge on any atom is 0.227 e. The van der Waals surface area contributed by atoms with Gasteiger partial charge in [-0.1, -0.05) is 49.7 Å². The Hall–Kier alpha value is -2.69. The van der Waals surface area contributed by atoms with Gasteiger partial charge in [-0.15, -0.1) is 0 Å². The number of hydrogen-bond donors (Lipinski definition) is 1. The summed E-state index contributed by atoms with van der Waals surface area (Å²) in [6.45, 7) is 6.08. The Bertz CT molecular complexity index is 1340. The molecule has 0 bridgehead atoms. The largest absolute Gasteiger partial charge is 0.365 e. The quantitative estimate of drug-likeness (QED) is 0.468. The number of rotatable bonds is 9. The molecule has 0 aliphatic carbocycles. The number of sulfone groups is 1. The molecule has 0 aromatic heterocycles.